The Kier molecular flexibility index (Phi) is 4.67. The molecule has 0 fully saturated rings. The molecule has 0 rings (SSSR count). The van der Waals surface area contributed by atoms with E-state index in [0.29, 0.717) is 0 Å². The van der Waals surface area contributed by atoms with Gasteiger partial charge in [-0.15, -0.1) is 0 Å². The molecule has 0 radical (unpaired) electrons. The van der Waals surface area contributed by atoms with E-state index in [-0.39, 0.29) is 0 Å². The molecule has 15 heavy (non-hydrogen) atoms. The van der Waals surface area contributed by atoms with Crippen molar-refractivity contribution in [3.63, 3.8) is 0 Å². The molecule has 8 nitrogen and oxygen atoms in total. The van der Waals surface area contributed by atoms with E-state index in [2.05, 4.69) is 0 Å². The molecule has 90 valence electrons. The second-order valence-corrected chi connectivity index (χ2v) is 6.79. The van der Waals surface area contributed by atoms with Crippen LogP contribution in [-0.2, 0) is 13.9 Å². The Morgan fingerprint density at radius 2 is 1.53 bits per heavy atom. The first-order valence-electron chi connectivity index (χ1n) is 3.84. The molecule has 5 N–H and O–H groups in total. The molecule has 0 saturated carbocycles. The van der Waals surface area contributed by atoms with Crippen molar-refractivity contribution in [1.29, 1.82) is 0 Å². The summed E-state index contributed by atoms with van der Waals surface area (Å²) in [6, 6.07) is 0. The Balaban J connectivity index is 5.05. The van der Waals surface area contributed by atoms with Crippen molar-refractivity contribution < 1.29 is 33.5 Å². The van der Waals surface area contributed by atoms with Crippen molar-refractivity contribution in [2.45, 2.75) is 25.3 Å². The highest BCUT2D eigenvalue weighted by molar-refractivity contribution is 7.57. The maximum absolute atomic E-state index is 10.9. The molecule has 0 aromatic carbocycles. The van der Waals surface area contributed by atoms with Crippen LogP contribution in [0, 0.1) is 0 Å². The number of rotatable bonds is 4. The summed E-state index contributed by atoms with van der Waals surface area (Å²) in [5, 5.41) is 1.83. The number of amides is 1. The molecule has 10 heteroatoms. The van der Waals surface area contributed by atoms with Crippen LogP contribution in [0.3, 0.4) is 0 Å². The summed E-state index contributed by atoms with van der Waals surface area (Å²) in [5.41, 5.74) is -1.65. The van der Waals surface area contributed by atoms with E-state index >= 15 is 0 Å². The van der Waals surface area contributed by atoms with Gasteiger partial charge in [0.15, 0.2) is 0 Å². The lowest BCUT2D eigenvalue weighted by molar-refractivity contribution is -0.119. The lowest BCUT2D eigenvalue weighted by Crippen LogP contribution is -2.40. The summed E-state index contributed by atoms with van der Waals surface area (Å²) in [6.07, 6.45) is 0. The molecular formula is C5H13NO7P2. The molecule has 2 atom stereocenters. The van der Waals surface area contributed by atoms with Crippen LogP contribution in [0.25, 0.3) is 0 Å². The van der Waals surface area contributed by atoms with Gasteiger partial charge in [0.1, 0.15) is 5.78 Å². The van der Waals surface area contributed by atoms with Crippen LogP contribution in [0.1, 0.15) is 13.8 Å². The van der Waals surface area contributed by atoms with Gasteiger partial charge in [-0.2, -0.15) is 0 Å². The van der Waals surface area contributed by atoms with Gasteiger partial charge in [0.05, 0.1) is 5.66 Å². The minimum Gasteiger partial charge on any atom is -0.342 e. The van der Waals surface area contributed by atoms with E-state index in [0.717, 1.165) is 13.8 Å². The smallest absolute Gasteiger partial charge is 0.342 e. The van der Waals surface area contributed by atoms with Crippen LogP contribution in [0.15, 0.2) is 0 Å². The van der Waals surface area contributed by atoms with Crippen LogP contribution in [-0.4, -0.2) is 36.9 Å². The van der Waals surface area contributed by atoms with Crippen molar-refractivity contribution in [2.24, 2.45) is 0 Å². The fourth-order valence-corrected chi connectivity index (χ4v) is 3.27. The first kappa shape index (κ1) is 14.8. The molecule has 0 aromatic heterocycles. The zero-order valence-electron chi connectivity index (χ0n) is 8.06. The van der Waals surface area contributed by atoms with E-state index in [9.17, 15) is 13.9 Å². The zero-order chi connectivity index (χ0) is 12.4. The van der Waals surface area contributed by atoms with Gasteiger partial charge in [0.2, 0.25) is 5.91 Å². The van der Waals surface area contributed by atoms with E-state index in [1.54, 1.807) is 0 Å². The average molecular weight is 261 g/mol. The molecule has 0 bridgehead atoms. The van der Waals surface area contributed by atoms with Gasteiger partial charge in [-0.05, 0) is 6.92 Å². The summed E-state index contributed by atoms with van der Waals surface area (Å²) in [4.78, 5) is 45.7. The second-order valence-electron chi connectivity index (χ2n) is 3.06. The maximum atomic E-state index is 10.9. The van der Waals surface area contributed by atoms with E-state index in [1.165, 1.54) is 0 Å². The van der Waals surface area contributed by atoms with Crippen LogP contribution in [0.5, 0.6) is 0 Å². The Morgan fingerprint density at radius 3 is 1.73 bits per heavy atom. The molecule has 0 aliphatic carbocycles. The van der Waals surface area contributed by atoms with Crippen molar-refractivity contribution in [3.05, 3.63) is 0 Å². The van der Waals surface area contributed by atoms with Crippen LogP contribution in [0.2, 0.25) is 0 Å². The first-order valence-corrected chi connectivity index (χ1v) is 7.20. The summed E-state index contributed by atoms with van der Waals surface area (Å²) < 4.78 is 21.7. The van der Waals surface area contributed by atoms with Crippen molar-refractivity contribution in [1.82, 2.24) is 5.32 Å². The van der Waals surface area contributed by atoms with Gasteiger partial charge in [-0.3, -0.25) is 13.9 Å². The van der Waals surface area contributed by atoms with Gasteiger partial charge in [0.25, 0.3) is 0 Å². The van der Waals surface area contributed by atoms with Crippen molar-refractivity contribution in [2.75, 3.05) is 0 Å². The summed E-state index contributed by atoms with van der Waals surface area (Å²) in [5.74, 6) is -2.65. The highest BCUT2D eigenvalue weighted by atomic mass is 31.2. The van der Waals surface area contributed by atoms with E-state index < -0.39 is 32.5 Å². The third-order valence-corrected chi connectivity index (χ3v) is 4.60. The Hall–Kier alpha value is -0.230. The molecule has 2 unspecified atom stereocenters. The van der Waals surface area contributed by atoms with Crippen LogP contribution < -0.4 is 5.32 Å². The number of nitrogens with one attached hydrogen (secondary N) is 1. The van der Waals surface area contributed by atoms with Crippen LogP contribution >= 0.6 is 15.2 Å². The van der Waals surface area contributed by atoms with Gasteiger partial charge >= 0.3 is 15.2 Å². The highest BCUT2D eigenvalue weighted by Crippen LogP contribution is 2.52. The normalized spacial score (nSPS) is 16.9. The predicted molar refractivity (Wildman–Crippen MR) is 51.2 cm³/mol. The quantitative estimate of drug-likeness (QED) is 0.416. The lowest BCUT2D eigenvalue weighted by Gasteiger charge is -2.25. The molecule has 0 saturated heterocycles. The molecule has 0 aliphatic heterocycles. The molecule has 0 heterocycles. The van der Waals surface area contributed by atoms with Crippen molar-refractivity contribution in [3.8, 4) is 0 Å². The molecular weight excluding hydrogens is 248 g/mol. The SMILES string of the molecule is CC(=O)NC(C(C)P(=O)(O)O)P(=O)(O)O. The summed E-state index contributed by atoms with van der Waals surface area (Å²) in [7, 11) is -9.48. The maximum Gasteiger partial charge on any atom is 0.348 e. The molecule has 0 aliphatic rings. The molecule has 0 spiro atoms. The Labute approximate surface area is 86.0 Å². The second kappa shape index (κ2) is 4.74. The Morgan fingerprint density at radius 1 is 1.13 bits per heavy atom. The number of carbonyl (C=O) groups excluding carboxylic acids is 1. The van der Waals surface area contributed by atoms with Gasteiger partial charge in [-0.25, -0.2) is 0 Å². The van der Waals surface area contributed by atoms with Crippen LogP contribution in [0.4, 0.5) is 0 Å². The third kappa shape index (κ3) is 4.88. The molecule has 1 amide bonds. The van der Waals surface area contributed by atoms with Gasteiger partial charge in [0, 0.05) is 6.92 Å². The standard InChI is InChI=1S/C5H13NO7P2/c1-3(14(8,9)10)5(6-4(2)7)15(11,12)13/h3,5H,1-2H3,(H,6,7)(H2,8,9,10)(H2,11,12,13). The minimum atomic E-state index is -4.81. The number of hydrogen-bond acceptors (Lipinski definition) is 3. The highest BCUT2D eigenvalue weighted by Gasteiger charge is 2.42. The summed E-state index contributed by atoms with van der Waals surface area (Å²) >= 11 is 0. The summed E-state index contributed by atoms with van der Waals surface area (Å²) in [6.45, 7) is 1.95. The van der Waals surface area contributed by atoms with Gasteiger partial charge in [-0.1, -0.05) is 0 Å². The first-order chi connectivity index (χ1) is 6.46. The fourth-order valence-electron chi connectivity index (χ4n) is 0.878. The van der Waals surface area contributed by atoms with Gasteiger partial charge < -0.3 is 24.9 Å². The zero-order valence-corrected chi connectivity index (χ0v) is 9.85. The lowest BCUT2D eigenvalue weighted by atomic mass is 10.4. The Bertz CT molecular complexity index is 330. The average Bonchev–Trinajstić information content (AvgIpc) is 1.94. The number of hydrogen-bond donors (Lipinski definition) is 5. The minimum absolute atomic E-state index is 0.774. The van der Waals surface area contributed by atoms with Crippen molar-refractivity contribution >= 4 is 21.1 Å². The third-order valence-electron chi connectivity index (χ3n) is 1.70. The monoisotopic (exact) mass is 261 g/mol. The fraction of sp³-hybridized carbons (Fsp3) is 0.800. The largest absolute Gasteiger partial charge is 0.348 e. The topological polar surface area (TPSA) is 144 Å². The van der Waals surface area contributed by atoms with E-state index in [4.69, 9.17) is 19.6 Å². The number of carbonyl (C=O) groups is 1. The molecule has 0 aromatic rings. The van der Waals surface area contributed by atoms with E-state index in [1.807, 2.05) is 5.32 Å². The predicted octanol–water partition coefficient (Wildman–Crippen LogP) is -0.808.